The van der Waals surface area contributed by atoms with E-state index in [1.54, 1.807) is 0 Å². The van der Waals surface area contributed by atoms with Gasteiger partial charge < -0.3 is 5.32 Å². The second-order valence-electron chi connectivity index (χ2n) is 5.50. The molecule has 1 fully saturated rings. The first kappa shape index (κ1) is 14.8. The Labute approximate surface area is 119 Å². The maximum atomic E-state index is 12.2. The average Bonchev–Trinajstić information content (AvgIpc) is 2.70. The molecule has 20 heavy (non-hydrogen) atoms. The van der Waals surface area contributed by atoms with Gasteiger partial charge in [-0.2, -0.15) is 0 Å². The minimum Gasteiger partial charge on any atom is -0.352 e. The van der Waals surface area contributed by atoms with Crippen LogP contribution in [-0.2, 0) is 14.4 Å². The molecule has 5 nitrogen and oxygen atoms in total. The molecule has 0 bridgehead atoms. The predicted octanol–water partition coefficient (Wildman–Crippen LogP) is 1.24. The van der Waals surface area contributed by atoms with Gasteiger partial charge in [-0.15, -0.1) is 0 Å². The number of nitrogens with zero attached hydrogens (tertiary/aromatic N) is 1. The number of amides is 3. The summed E-state index contributed by atoms with van der Waals surface area (Å²) in [7, 11) is 0. The molecular weight excluding hydrogens is 256 g/mol. The van der Waals surface area contributed by atoms with Gasteiger partial charge in [-0.1, -0.05) is 26.0 Å². The Morgan fingerprint density at radius 3 is 2.15 bits per heavy atom. The van der Waals surface area contributed by atoms with Crippen LogP contribution < -0.4 is 5.32 Å². The molecule has 3 amide bonds. The number of hydrogen-bond donors (Lipinski definition) is 1. The molecule has 1 aliphatic carbocycles. The van der Waals surface area contributed by atoms with Gasteiger partial charge in [0, 0.05) is 6.04 Å². The topological polar surface area (TPSA) is 66.5 Å². The Morgan fingerprint density at radius 1 is 1.20 bits per heavy atom. The standard InChI is InChI=1S/C15H22N2O3/c1-3-10(4-2)16-13(18)9-17-14(19)11-7-5-6-8-12(11)15(17)20/h5-6,10-12H,3-4,7-9H2,1-2H3,(H,16,18)/t11-,12-/m1/s1. The lowest BCUT2D eigenvalue weighted by molar-refractivity contribution is -0.143. The summed E-state index contributed by atoms with van der Waals surface area (Å²) in [4.78, 5) is 37.5. The Morgan fingerprint density at radius 2 is 1.70 bits per heavy atom. The summed E-state index contributed by atoms with van der Waals surface area (Å²) in [6.45, 7) is 3.86. The fourth-order valence-electron chi connectivity index (χ4n) is 2.93. The van der Waals surface area contributed by atoms with Crippen molar-refractivity contribution < 1.29 is 14.4 Å². The van der Waals surface area contributed by atoms with Gasteiger partial charge in [-0.05, 0) is 25.7 Å². The van der Waals surface area contributed by atoms with Gasteiger partial charge in [0.05, 0.1) is 11.8 Å². The molecule has 2 rings (SSSR count). The minimum absolute atomic E-state index is 0.110. The van der Waals surface area contributed by atoms with E-state index in [1.165, 1.54) is 0 Å². The number of allylic oxidation sites excluding steroid dienone is 2. The summed E-state index contributed by atoms with van der Waals surface area (Å²) in [6.07, 6.45) is 6.80. The molecule has 2 atom stereocenters. The van der Waals surface area contributed by atoms with Crippen LogP contribution >= 0.6 is 0 Å². The first-order chi connectivity index (χ1) is 9.58. The molecule has 0 spiro atoms. The summed E-state index contributed by atoms with van der Waals surface area (Å²) in [5, 5.41) is 2.87. The Hall–Kier alpha value is -1.65. The van der Waals surface area contributed by atoms with Gasteiger partial charge >= 0.3 is 0 Å². The predicted molar refractivity (Wildman–Crippen MR) is 74.6 cm³/mol. The highest BCUT2D eigenvalue weighted by molar-refractivity contribution is 6.07. The SMILES string of the molecule is CCC(CC)NC(=O)CN1C(=O)[C@@H]2CC=CC[C@H]2C1=O. The minimum atomic E-state index is -0.256. The first-order valence-electron chi connectivity index (χ1n) is 7.38. The van der Waals surface area contributed by atoms with E-state index in [9.17, 15) is 14.4 Å². The van der Waals surface area contributed by atoms with Crippen LogP contribution in [-0.4, -0.2) is 35.2 Å². The van der Waals surface area contributed by atoms with Gasteiger partial charge in [0.1, 0.15) is 6.54 Å². The highest BCUT2D eigenvalue weighted by Gasteiger charge is 2.47. The molecule has 5 heteroatoms. The smallest absolute Gasteiger partial charge is 0.240 e. The Kier molecular flexibility index (Phi) is 4.57. The molecule has 110 valence electrons. The van der Waals surface area contributed by atoms with Crippen LogP contribution in [0.2, 0.25) is 0 Å². The van der Waals surface area contributed by atoms with Gasteiger partial charge in [0.25, 0.3) is 0 Å². The van der Waals surface area contributed by atoms with E-state index >= 15 is 0 Å². The zero-order valence-corrected chi connectivity index (χ0v) is 12.1. The Balaban J connectivity index is 1.98. The summed E-state index contributed by atoms with van der Waals surface area (Å²) in [6, 6.07) is 0.110. The molecule has 1 saturated heterocycles. The van der Waals surface area contributed by atoms with Crippen LogP contribution in [0.25, 0.3) is 0 Å². The number of fused-ring (bicyclic) bond motifs is 1. The highest BCUT2D eigenvalue weighted by atomic mass is 16.2. The largest absolute Gasteiger partial charge is 0.352 e. The quantitative estimate of drug-likeness (QED) is 0.608. The molecular formula is C15H22N2O3. The van der Waals surface area contributed by atoms with Crippen LogP contribution in [0.5, 0.6) is 0 Å². The van der Waals surface area contributed by atoms with Crippen molar-refractivity contribution in [3.05, 3.63) is 12.2 Å². The molecule has 1 aliphatic heterocycles. The second-order valence-corrected chi connectivity index (χ2v) is 5.50. The number of carbonyl (C=O) groups is 3. The third kappa shape index (κ3) is 2.76. The second kappa shape index (κ2) is 6.20. The molecule has 2 aliphatic rings. The molecule has 0 radical (unpaired) electrons. The van der Waals surface area contributed by atoms with Crippen LogP contribution in [0.3, 0.4) is 0 Å². The van der Waals surface area contributed by atoms with E-state index in [4.69, 9.17) is 0 Å². The molecule has 0 aromatic rings. The van der Waals surface area contributed by atoms with Crippen molar-refractivity contribution in [1.82, 2.24) is 10.2 Å². The summed E-state index contributed by atoms with van der Waals surface area (Å²) in [5.74, 6) is -1.14. The van der Waals surface area contributed by atoms with Crippen molar-refractivity contribution in [1.29, 1.82) is 0 Å². The molecule has 1 N–H and O–H groups in total. The monoisotopic (exact) mass is 278 g/mol. The lowest BCUT2D eigenvalue weighted by Gasteiger charge is -2.18. The number of hydrogen-bond acceptors (Lipinski definition) is 3. The fourth-order valence-corrected chi connectivity index (χ4v) is 2.93. The lowest BCUT2D eigenvalue weighted by Crippen LogP contribution is -2.44. The van der Waals surface area contributed by atoms with Gasteiger partial charge in [0.2, 0.25) is 17.7 Å². The van der Waals surface area contributed by atoms with Crippen molar-refractivity contribution in [2.45, 2.75) is 45.6 Å². The highest BCUT2D eigenvalue weighted by Crippen LogP contribution is 2.34. The number of imide groups is 1. The van der Waals surface area contributed by atoms with Gasteiger partial charge in [-0.3, -0.25) is 19.3 Å². The zero-order chi connectivity index (χ0) is 14.7. The molecule has 0 saturated carbocycles. The number of carbonyl (C=O) groups excluding carboxylic acids is 3. The van der Waals surface area contributed by atoms with Crippen LogP contribution in [0, 0.1) is 11.8 Å². The third-order valence-corrected chi connectivity index (χ3v) is 4.25. The van der Waals surface area contributed by atoms with E-state index < -0.39 is 0 Å². The van der Waals surface area contributed by atoms with Crippen molar-refractivity contribution in [2.24, 2.45) is 11.8 Å². The van der Waals surface area contributed by atoms with Gasteiger partial charge in [0.15, 0.2) is 0 Å². The summed E-state index contributed by atoms with van der Waals surface area (Å²) >= 11 is 0. The average molecular weight is 278 g/mol. The van der Waals surface area contributed by atoms with Crippen LogP contribution in [0.15, 0.2) is 12.2 Å². The normalized spacial score (nSPS) is 25.2. The molecule has 0 aromatic heterocycles. The summed E-state index contributed by atoms with van der Waals surface area (Å²) < 4.78 is 0. The van der Waals surface area contributed by atoms with Crippen LogP contribution in [0.4, 0.5) is 0 Å². The molecule has 0 aromatic carbocycles. The van der Waals surface area contributed by atoms with E-state index in [2.05, 4.69) is 5.32 Å². The summed E-state index contributed by atoms with van der Waals surface area (Å²) in [5.41, 5.74) is 0. The van der Waals surface area contributed by atoms with Crippen molar-refractivity contribution >= 4 is 17.7 Å². The van der Waals surface area contributed by atoms with E-state index in [0.717, 1.165) is 17.7 Å². The fraction of sp³-hybridized carbons (Fsp3) is 0.667. The van der Waals surface area contributed by atoms with Crippen molar-refractivity contribution in [3.8, 4) is 0 Å². The first-order valence-corrected chi connectivity index (χ1v) is 7.38. The Bertz CT molecular complexity index is 414. The lowest BCUT2D eigenvalue weighted by atomic mass is 9.85. The molecule has 1 heterocycles. The molecule has 0 unspecified atom stereocenters. The van der Waals surface area contributed by atoms with Crippen molar-refractivity contribution in [3.63, 3.8) is 0 Å². The van der Waals surface area contributed by atoms with Gasteiger partial charge in [-0.25, -0.2) is 0 Å². The van der Waals surface area contributed by atoms with E-state index in [0.29, 0.717) is 12.8 Å². The number of likely N-dealkylation sites (tertiary alicyclic amines) is 1. The number of rotatable bonds is 5. The van der Waals surface area contributed by atoms with E-state index in [1.807, 2.05) is 26.0 Å². The van der Waals surface area contributed by atoms with Crippen molar-refractivity contribution in [2.75, 3.05) is 6.54 Å². The maximum absolute atomic E-state index is 12.2. The maximum Gasteiger partial charge on any atom is 0.240 e. The zero-order valence-electron chi connectivity index (χ0n) is 12.1. The number of nitrogens with one attached hydrogen (secondary N) is 1. The van der Waals surface area contributed by atoms with Crippen LogP contribution in [0.1, 0.15) is 39.5 Å². The third-order valence-electron chi connectivity index (χ3n) is 4.25. The van der Waals surface area contributed by atoms with E-state index in [-0.39, 0.29) is 42.1 Å².